The first-order valence-electron chi connectivity index (χ1n) is 8.21. The first-order chi connectivity index (χ1) is 12.1. The smallest absolute Gasteiger partial charge is 0.228 e. The number of fused-ring (bicyclic) bond motifs is 3. The molecule has 0 saturated heterocycles. The number of furan rings is 1. The van der Waals surface area contributed by atoms with Gasteiger partial charge in [-0.05, 0) is 31.0 Å². The number of carbonyl (C=O) groups is 2. The molecule has 1 aromatic heterocycles. The van der Waals surface area contributed by atoms with Crippen LogP contribution in [0.5, 0.6) is 0 Å². The van der Waals surface area contributed by atoms with Gasteiger partial charge in [-0.25, -0.2) is 0 Å². The summed E-state index contributed by atoms with van der Waals surface area (Å²) in [6, 6.07) is 13.2. The van der Waals surface area contributed by atoms with Crippen LogP contribution in [-0.2, 0) is 9.59 Å². The average molecular weight is 334 g/mol. The third-order valence-corrected chi connectivity index (χ3v) is 4.72. The number of hydrogen-bond donors (Lipinski definition) is 1. The number of rotatable bonds is 3. The molecule has 1 heterocycles. The van der Waals surface area contributed by atoms with Gasteiger partial charge in [0.15, 0.2) is 0 Å². The first-order valence-corrected chi connectivity index (χ1v) is 8.21. The van der Waals surface area contributed by atoms with Crippen LogP contribution in [0, 0.1) is 11.8 Å². The van der Waals surface area contributed by atoms with Gasteiger partial charge in [0.25, 0.3) is 0 Å². The van der Waals surface area contributed by atoms with Crippen molar-refractivity contribution in [3.8, 4) is 0 Å². The van der Waals surface area contributed by atoms with Crippen LogP contribution in [0.1, 0.15) is 12.8 Å². The van der Waals surface area contributed by atoms with E-state index in [0.29, 0.717) is 24.1 Å². The molecule has 1 amide bonds. The fourth-order valence-corrected chi connectivity index (χ4v) is 3.40. The van der Waals surface area contributed by atoms with E-state index in [1.807, 2.05) is 36.4 Å². The molecule has 126 valence electrons. The third kappa shape index (κ3) is 2.78. The maximum absolute atomic E-state index is 12.5. The summed E-state index contributed by atoms with van der Waals surface area (Å²) in [6.07, 6.45) is 4.34. The number of carboxylic acid groups (broad SMARTS) is 1. The topological polar surface area (TPSA) is 82.4 Å². The molecule has 2 aromatic carbocycles. The van der Waals surface area contributed by atoms with Crippen molar-refractivity contribution in [2.24, 2.45) is 11.8 Å². The van der Waals surface area contributed by atoms with Crippen LogP contribution in [0.4, 0.5) is 5.69 Å². The van der Waals surface area contributed by atoms with Crippen LogP contribution >= 0.6 is 0 Å². The molecule has 0 radical (unpaired) electrons. The lowest BCUT2D eigenvalue weighted by Crippen LogP contribution is -2.41. The zero-order valence-corrected chi connectivity index (χ0v) is 13.4. The molecular formula is C20H16NO4-. The number of benzene rings is 2. The number of para-hydroxylation sites is 1. The maximum atomic E-state index is 12.5. The molecule has 4 rings (SSSR count). The number of carboxylic acids is 1. The van der Waals surface area contributed by atoms with Crippen molar-refractivity contribution in [3.05, 3.63) is 54.6 Å². The molecule has 25 heavy (non-hydrogen) atoms. The van der Waals surface area contributed by atoms with Crippen LogP contribution < -0.4 is 10.4 Å². The van der Waals surface area contributed by atoms with Crippen LogP contribution in [0.15, 0.2) is 59.0 Å². The first kappa shape index (κ1) is 15.4. The van der Waals surface area contributed by atoms with Gasteiger partial charge in [-0.15, -0.1) is 0 Å². The quantitative estimate of drug-likeness (QED) is 0.747. The minimum Gasteiger partial charge on any atom is -0.550 e. The van der Waals surface area contributed by atoms with Crippen molar-refractivity contribution in [2.75, 3.05) is 5.32 Å². The Morgan fingerprint density at radius 2 is 1.68 bits per heavy atom. The maximum Gasteiger partial charge on any atom is 0.228 e. The Morgan fingerprint density at radius 1 is 0.960 bits per heavy atom. The Balaban J connectivity index is 1.61. The SMILES string of the molecule is O=C([O-])[C@H]1CC=CC[C@@H]1C(=O)Nc1ccc2c(c1)oc1ccccc12. The van der Waals surface area contributed by atoms with Gasteiger partial charge in [-0.1, -0.05) is 30.4 Å². The lowest BCUT2D eigenvalue weighted by Gasteiger charge is -2.28. The summed E-state index contributed by atoms with van der Waals surface area (Å²) in [5.41, 5.74) is 2.05. The molecule has 1 aliphatic rings. The monoisotopic (exact) mass is 334 g/mol. The van der Waals surface area contributed by atoms with Crippen LogP contribution in [0.3, 0.4) is 0 Å². The molecular weight excluding hydrogens is 318 g/mol. The second kappa shape index (κ2) is 6.09. The van der Waals surface area contributed by atoms with E-state index in [0.717, 1.165) is 16.4 Å². The molecule has 0 aliphatic heterocycles. The van der Waals surface area contributed by atoms with Crippen molar-refractivity contribution < 1.29 is 19.1 Å². The highest BCUT2D eigenvalue weighted by molar-refractivity contribution is 6.06. The van der Waals surface area contributed by atoms with Crippen molar-refractivity contribution in [1.29, 1.82) is 0 Å². The van der Waals surface area contributed by atoms with Gasteiger partial charge in [-0.3, -0.25) is 4.79 Å². The van der Waals surface area contributed by atoms with Crippen molar-refractivity contribution in [3.63, 3.8) is 0 Å². The number of amides is 1. The number of allylic oxidation sites excluding steroid dienone is 2. The number of carbonyl (C=O) groups excluding carboxylic acids is 2. The van der Waals surface area contributed by atoms with Gasteiger partial charge in [0, 0.05) is 34.4 Å². The van der Waals surface area contributed by atoms with Crippen LogP contribution in [-0.4, -0.2) is 11.9 Å². The Kier molecular flexibility index (Phi) is 3.76. The highest BCUT2D eigenvalue weighted by atomic mass is 16.4. The largest absolute Gasteiger partial charge is 0.550 e. The van der Waals surface area contributed by atoms with E-state index in [-0.39, 0.29) is 5.91 Å². The predicted molar refractivity (Wildman–Crippen MR) is 92.7 cm³/mol. The zero-order chi connectivity index (χ0) is 17.4. The molecule has 0 spiro atoms. The van der Waals surface area contributed by atoms with E-state index in [9.17, 15) is 14.7 Å². The average Bonchev–Trinajstić information content (AvgIpc) is 2.99. The number of aliphatic carboxylic acids is 1. The van der Waals surface area contributed by atoms with Gasteiger partial charge in [0.2, 0.25) is 5.91 Å². The minimum atomic E-state index is -1.18. The fraction of sp³-hybridized carbons (Fsp3) is 0.200. The van der Waals surface area contributed by atoms with E-state index >= 15 is 0 Å². The van der Waals surface area contributed by atoms with E-state index in [1.165, 1.54) is 0 Å². The number of hydrogen-bond acceptors (Lipinski definition) is 4. The van der Waals surface area contributed by atoms with Crippen molar-refractivity contribution in [2.45, 2.75) is 12.8 Å². The summed E-state index contributed by atoms with van der Waals surface area (Å²) >= 11 is 0. The molecule has 0 saturated carbocycles. The van der Waals surface area contributed by atoms with E-state index in [4.69, 9.17) is 4.42 Å². The molecule has 1 aliphatic carbocycles. The summed E-state index contributed by atoms with van der Waals surface area (Å²) in [5.74, 6) is -2.91. The molecule has 0 bridgehead atoms. The van der Waals surface area contributed by atoms with E-state index < -0.39 is 17.8 Å². The Bertz CT molecular complexity index is 1000. The summed E-state index contributed by atoms with van der Waals surface area (Å²) in [4.78, 5) is 23.8. The molecule has 1 N–H and O–H groups in total. The molecule has 5 heteroatoms. The van der Waals surface area contributed by atoms with Crippen molar-refractivity contribution in [1.82, 2.24) is 0 Å². The molecule has 0 fully saturated rings. The Labute approximate surface area is 143 Å². The molecule has 2 atom stereocenters. The molecule has 5 nitrogen and oxygen atoms in total. The lowest BCUT2D eigenvalue weighted by molar-refractivity contribution is -0.313. The van der Waals surface area contributed by atoms with Gasteiger partial charge in [0.05, 0.1) is 5.92 Å². The summed E-state index contributed by atoms with van der Waals surface area (Å²) in [7, 11) is 0. The van der Waals surface area contributed by atoms with Crippen LogP contribution in [0.25, 0.3) is 21.9 Å². The second-order valence-corrected chi connectivity index (χ2v) is 6.27. The standard InChI is InChI=1S/C20H17NO4/c22-19(15-6-1-2-7-16(15)20(23)24)21-12-9-10-14-13-5-3-4-8-17(13)25-18(14)11-12/h1-5,8-11,15-16H,6-7H2,(H,21,22)(H,23,24)/p-1/t15-,16-/m0/s1. The molecule has 0 unspecified atom stereocenters. The lowest BCUT2D eigenvalue weighted by atomic mass is 9.82. The fourth-order valence-electron chi connectivity index (χ4n) is 3.40. The van der Waals surface area contributed by atoms with Gasteiger partial charge in [0.1, 0.15) is 11.2 Å². The summed E-state index contributed by atoms with van der Waals surface area (Å²) < 4.78 is 5.81. The highest BCUT2D eigenvalue weighted by Gasteiger charge is 2.29. The van der Waals surface area contributed by atoms with Crippen LogP contribution in [0.2, 0.25) is 0 Å². The predicted octanol–water partition coefficient (Wildman–Crippen LogP) is 2.86. The number of anilines is 1. The Hall–Kier alpha value is -3.08. The summed E-state index contributed by atoms with van der Waals surface area (Å²) in [6.45, 7) is 0. The van der Waals surface area contributed by atoms with E-state index in [1.54, 1.807) is 18.2 Å². The molecule has 3 aromatic rings. The van der Waals surface area contributed by atoms with Crippen molar-refractivity contribution >= 4 is 39.5 Å². The Morgan fingerprint density at radius 3 is 2.48 bits per heavy atom. The van der Waals surface area contributed by atoms with Gasteiger partial charge >= 0.3 is 0 Å². The zero-order valence-electron chi connectivity index (χ0n) is 13.4. The minimum absolute atomic E-state index is 0.311. The second-order valence-electron chi connectivity index (χ2n) is 6.27. The third-order valence-electron chi connectivity index (χ3n) is 4.72. The normalized spacial score (nSPS) is 20.0. The van der Waals surface area contributed by atoms with E-state index in [2.05, 4.69) is 5.32 Å². The summed E-state index contributed by atoms with van der Waals surface area (Å²) in [5, 5.41) is 16.1. The number of nitrogens with one attached hydrogen (secondary N) is 1. The van der Waals surface area contributed by atoms with Gasteiger partial charge < -0.3 is 19.6 Å². The highest BCUT2D eigenvalue weighted by Crippen LogP contribution is 2.31. The van der Waals surface area contributed by atoms with Gasteiger partial charge in [-0.2, -0.15) is 0 Å².